The Kier molecular flexibility index (Phi) is 7.53. The fourth-order valence-corrected chi connectivity index (χ4v) is 2.12. The molecule has 0 aromatic heterocycles. The lowest BCUT2D eigenvalue weighted by Gasteiger charge is -2.16. The highest BCUT2D eigenvalue weighted by molar-refractivity contribution is 5.90. The van der Waals surface area contributed by atoms with E-state index in [1.807, 2.05) is 0 Å². The van der Waals surface area contributed by atoms with Crippen molar-refractivity contribution in [2.45, 2.75) is 26.2 Å². The highest BCUT2D eigenvalue weighted by atomic mass is 19.1. The Morgan fingerprint density at radius 1 is 1.43 bits per heavy atom. The number of ether oxygens (including phenoxy) is 1. The van der Waals surface area contributed by atoms with Gasteiger partial charge in [-0.25, -0.2) is 9.18 Å². The van der Waals surface area contributed by atoms with Gasteiger partial charge in [0, 0.05) is 19.2 Å². The second-order valence-corrected chi connectivity index (χ2v) is 4.85. The fraction of sp³-hybridized carbons (Fsp3) is 0.533. The number of rotatable bonds is 8. The number of anilines is 1. The molecule has 1 atom stereocenters. The number of hydrogen-bond acceptors (Lipinski definition) is 3. The Morgan fingerprint density at radius 2 is 2.19 bits per heavy atom. The lowest BCUT2D eigenvalue weighted by molar-refractivity contribution is 0.236. The second kappa shape index (κ2) is 9.18. The van der Waals surface area contributed by atoms with E-state index in [2.05, 4.69) is 17.6 Å². The molecule has 118 valence electrons. The van der Waals surface area contributed by atoms with Crippen LogP contribution in [-0.4, -0.2) is 31.4 Å². The molecule has 0 saturated heterocycles. The standard InChI is InChI=1S/C15H23FN2O3/c1-3-4-11(7-8-19)10-17-15(20)18-13-9-12(16)5-6-14(13)21-2/h5-6,9,11,19H,3-4,7-8,10H2,1-2H3,(H2,17,18,20). The largest absolute Gasteiger partial charge is 0.495 e. The zero-order chi connectivity index (χ0) is 15.7. The number of hydrogen-bond donors (Lipinski definition) is 3. The van der Waals surface area contributed by atoms with Crippen molar-refractivity contribution < 1.29 is 19.0 Å². The first-order valence-corrected chi connectivity index (χ1v) is 7.10. The third-order valence-electron chi connectivity index (χ3n) is 3.20. The van der Waals surface area contributed by atoms with E-state index in [1.54, 1.807) is 0 Å². The molecule has 0 bridgehead atoms. The van der Waals surface area contributed by atoms with E-state index in [-0.39, 0.29) is 18.2 Å². The number of carbonyl (C=O) groups is 1. The number of aliphatic hydroxyl groups excluding tert-OH is 1. The molecule has 0 saturated carbocycles. The van der Waals surface area contributed by atoms with Gasteiger partial charge >= 0.3 is 6.03 Å². The number of amides is 2. The molecule has 0 heterocycles. The summed E-state index contributed by atoms with van der Waals surface area (Å²) < 4.78 is 18.3. The van der Waals surface area contributed by atoms with Crippen LogP contribution in [0.15, 0.2) is 18.2 Å². The third kappa shape index (κ3) is 5.99. The van der Waals surface area contributed by atoms with Crippen LogP contribution in [-0.2, 0) is 0 Å². The summed E-state index contributed by atoms with van der Waals surface area (Å²) in [6, 6.07) is 3.50. The number of nitrogens with one attached hydrogen (secondary N) is 2. The van der Waals surface area contributed by atoms with E-state index < -0.39 is 11.8 Å². The van der Waals surface area contributed by atoms with E-state index in [1.165, 1.54) is 25.3 Å². The summed E-state index contributed by atoms with van der Waals surface area (Å²) in [5.74, 6) is 0.183. The fourth-order valence-electron chi connectivity index (χ4n) is 2.12. The molecule has 0 aliphatic carbocycles. The predicted molar refractivity (Wildman–Crippen MR) is 80.1 cm³/mol. The number of urea groups is 1. The van der Waals surface area contributed by atoms with E-state index in [0.29, 0.717) is 18.7 Å². The van der Waals surface area contributed by atoms with Crippen molar-refractivity contribution in [1.29, 1.82) is 0 Å². The minimum Gasteiger partial charge on any atom is -0.495 e. The van der Waals surface area contributed by atoms with Crippen LogP contribution < -0.4 is 15.4 Å². The molecule has 0 aliphatic heterocycles. The lowest BCUT2D eigenvalue weighted by atomic mass is 10.0. The van der Waals surface area contributed by atoms with Crippen molar-refractivity contribution in [1.82, 2.24) is 5.32 Å². The second-order valence-electron chi connectivity index (χ2n) is 4.85. The van der Waals surface area contributed by atoms with Crippen LogP contribution in [0.5, 0.6) is 5.75 Å². The average Bonchev–Trinajstić information content (AvgIpc) is 2.45. The summed E-state index contributed by atoms with van der Waals surface area (Å²) in [5, 5.41) is 14.3. The van der Waals surface area contributed by atoms with Gasteiger partial charge in [-0.05, 0) is 30.9 Å². The summed E-state index contributed by atoms with van der Waals surface area (Å²) >= 11 is 0. The van der Waals surface area contributed by atoms with Crippen molar-refractivity contribution in [3.63, 3.8) is 0 Å². The summed E-state index contributed by atoms with van der Waals surface area (Å²) in [6.07, 6.45) is 2.58. The van der Waals surface area contributed by atoms with Gasteiger partial charge < -0.3 is 20.5 Å². The lowest BCUT2D eigenvalue weighted by Crippen LogP contribution is -2.33. The van der Waals surface area contributed by atoms with Gasteiger partial charge in [-0.3, -0.25) is 0 Å². The van der Waals surface area contributed by atoms with Crippen molar-refractivity contribution in [2.75, 3.05) is 25.6 Å². The van der Waals surface area contributed by atoms with E-state index in [4.69, 9.17) is 9.84 Å². The molecule has 0 radical (unpaired) electrons. The Labute approximate surface area is 124 Å². The van der Waals surface area contributed by atoms with Crippen molar-refractivity contribution in [2.24, 2.45) is 5.92 Å². The Morgan fingerprint density at radius 3 is 2.81 bits per heavy atom. The van der Waals surface area contributed by atoms with Gasteiger partial charge in [0.1, 0.15) is 11.6 Å². The molecule has 1 unspecified atom stereocenters. The molecule has 3 N–H and O–H groups in total. The zero-order valence-corrected chi connectivity index (χ0v) is 12.5. The molecule has 0 spiro atoms. The first kappa shape index (κ1) is 17.2. The van der Waals surface area contributed by atoms with Crippen LogP contribution in [0.4, 0.5) is 14.9 Å². The number of halogens is 1. The Bertz CT molecular complexity index is 449. The Hall–Kier alpha value is -1.82. The van der Waals surface area contributed by atoms with Crippen molar-refractivity contribution in [3.05, 3.63) is 24.0 Å². The average molecular weight is 298 g/mol. The SMILES string of the molecule is CCCC(CCO)CNC(=O)Nc1cc(F)ccc1OC. The molecule has 1 rings (SSSR count). The number of carbonyl (C=O) groups excluding carboxylic acids is 1. The van der Waals surface area contributed by atoms with Gasteiger partial charge in [0.25, 0.3) is 0 Å². The predicted octanol–water partition coefficient (Wildman–Crippen LogP) is 2.75. The van der Waals surface area contributed by atoms with Crippen LogP contribution in [0, 0.1) is 11.7 Å². The van der Waals surface area contributed by atoms with Crippen molar-refractivity contribution >= 4 is 11.7 Å². The maximum atomic E-state index is 13.2. The molecule has 6 heteroatoms. The zero-order valence-electron chi connectivity index (χ0n) is 12.5. The molecule has 0 fully saturated rings. The van der Waals surface area contributed by atoms with Crippen LogP contribution in [0.1, 0.15) is 26.2 Å². The number of methoxy groups -OCH3 is 1. The summed E-state index contributed by atoms with van der Waals surface area (Å²) in [6.45, 7) is 2.63. The summed E-state index contributed by atoms with van der Waals surface area (Å²) in [4.78, 5) is 11.8. The highest BCUT2D eigenvalue weighted by Gasteiger charge is 2.11. The maximum Gasteiger partial charge on any atom is 0.319 e. The third-order valence-corrected chi connectivity index (χ3v) is 3.20. The van der Waals surface area contributed by atoms with E-state index >= 15 is 0 Å². The highest BCUT2D eigenvalue weighted by Crippen LogP contribution is 2.24. The van der Waals surface area contributed by atoms with Gasteiger partial charge in [0.15, 0.2) is 0 Å². The van der Waals surface area contributed by atoms with E-state index in [0.717, 1.165) is 12.8 Å². The first-order valence-electron chi connectivity index (χ1n) is 7.10. The molecule has 5 nitrogen and oxygen atoms in total. The minimum absolute atomic E-state index is 0.103. The molecular formula is C15H23FN2O3. The molecule has 2 amide bonds. The van der Waals surface area contributed by atoms with Crippen LogP contribution in [0.25, 0.3) is 0 Å². The quantitative estimate of drug-likeness (QED) is 0.691. The maximum absolute atomic E-state index is 13.2. The first-order chi connectivity index (χ1) is 10.1. The molecule has 1 aromatic carbocycles. The summed E-state index contributed by atoms with van der Waals surface area (Å²) in [5.41, 5.74) is 0.282. The van der Waals surface area contributed by atoms with Crippen LogP contribution in [0.2, 0.25) is 0 Å². The molecule has 0 aliphatic rings. The Balaban J connectivity index is 2.55. The van der Waals surface area contributed by atoms with Gasteiger partial charge in [-0.1, -0.05) is 13.3 Å². The topological polar surface area (TPSA) is 70.6 Å². The minimum atomic E-state index is -0.449. The number of benzene rings is 1. The molecule has 1 aromatic rings. The summed E-state index contributed by atoms with van der Waals surface area (Å²) in [7, 11) is 1.45. The smallest absolute Gasteiger partial charge is 0.319 e. The van der Waals surface area contributed by atoms with Crippen LogP contribution >= 0.6 is 0 Å². The van der Waals surface area contributed by atoms with Crippen LogP contribution in [0.3, 0.4) is 0 Å². The number of aliphatic hydroxyl groups is 1. The molecule has 21 heavy (non-hydrogen) atoms. The normalized spacial score (nSPS) is 11.8. The monoisotopic (exact) mass is 298 g/mol. The molecular weight excluding hydrogens is 275 g/mol. The van der Waals surface area contributed by atoms with E-state index in [9.17, 15) is 9.18 Å². The van der Waals surface area contributed by atoms with Gasteiger partial charge in [0.05, 0.1) is 12.8 Å². The van der Waals surface area contributed by atoms with Gasteiger partial charge in [-0.15, -0.1) is 0 Å². The van der Waals surface area contributed by atoms with Crippen molar-refractivity contribution in [3.8, 4) is 5.75 Å². The van der Waals surface area contributed by atoms with Gasteiger partial charge in [-0.2, -0.15) is 0 Å². The van der Waals surface area contributed by atoms with Gasteiger partial charge in [0.2, 0.25) is 0 Å².